The zero-order chi connectivity index (χ0) is 33.2. The standard InChI is InChI=1S/C41H42O7/c1-24-13-28(14-25(2)37(24)46-19-30-17-44-30)41(29-15-26(3)38(27(4)16-29)47-20-31-18-45-31)34-11-7-6-9-32(34)36-33(10-8-12-35(36)41)39(42)48-23-40(5)21-43-22-40/h6-16,30-31H,17-23H2,1-5H3. The van der Waals surface area contributed by atoms with E-state index in [1.54, 1.807) is 0 Å². The summed E-state index contributed by atoms with van der Waals surface area (Å²) in [7, 11) is 0. The molecule has 4 aromatic rings. The van der Waals surface area contributed by atoms with Crippen molar-refractivity contribution < 1.29 is 33.2 Å². The molecule has 3 aliphatic heterocycles. The number of benzene rings is 4. The van der Waals surface area contributed by atoms with Gasteiger partial charge in [-0.1, -0.05) is 67.6 Å². The molecule has 2 atom stereocenters. The van der Waals surface area contributed by atoms with Crippen molar-refractivity contribution in [2.75, 3.05) is 46.2 Å². The molecule has 0 spiro atoms. The minimum Gasteiger partial charge on any atom is -0.490 e. The Labute approximate surface area is 282 Å². The monoisotopic (exact) mass is 646 g/mol. The summed E-state index contributed by atoms with van der Waals surface area (Å²) in [5.41, 5.74) is 10.3. The molecule has 0 radical (unpaired) electrons. The molecule has 3 fully saturated rings. The molecule has 3 saturated heterocycles. The first-order valence-electron chi connectivity index (χ1n) is 16.9. The molecule has 1 aliphatic carbocycles. The zero-order valence-electron chi connectivity index (χ0n) is 28.3. The van der Waals surface area contributed by atoms with Gasteiger partial charge in [-0.25, -0.2) is 4.79 Å². The van der Waals surface area contributed by atoms with Crippen LogP contribution in [0, 0.1) is 33.1 Å². The first-order chi connectivity index (χ1) is 23.2. The van der Waals surface area contributed by atoms with Crippen LogP contribution in [0.5, 0.6) is 11.5 Å². The van der Waals surface area contributed by atoms with Crippen molar-refractivity contribution in [3.05, 3.63) is 117 Å². The summed E-state index contributed by atoms with van der Waals surface area (Å²) >= 11 is 0. The zero-order valence-corrected chi connectivity index (χ0v) is 28.3. The molecule has 48 heavy (non-hydrogen) atoms. The van der Waals surface area contributed by atoms with Crippen LogP contribution in [-0.2, 0) is 24.4 Å². The number of esters is 1. The first kappa shape index (κ1) is 31.1. The van der Waals surface area contributed by atoms with Crippen molar-refractivity contribution in [2.24, 2.45) is 5.41 Å². The molecule has 0 amide bonds. The van der Waals surface area contributed by atoms with Gasteiger partial charge in [-0.05, 0) is 83.8 Å². The van der Waals surface area contributed by atoms with Crippen LogP contribution in [0.3, 0.4) is 0 Å². The number of carbonyl (C=O) groups is 1. The first-order valence-corrected chi connectivity index (χ1v) is 16.9. The Morgan fingerprint density at radius 2 is 1.27 bits per heavy atom. The molecular weight excluding hydrogens is 604 g/mol. The molecule has 7 heteroatoms. The van der Waals surface area contributed by atoms with E-state index in [2.05, 4.69) is 83.1 Å². The second-order valence-electron chi connectivity index (χ2n) is 14.3. The fourth-order valence-electron chi connectivity index (χ4n) is 7.61. The minimum absolute atomic E-state index is 0.149. The molecular formula is C41H42O7. The van der Waals surface area contributed by atoms with Crippen molar-refractivity contribution in [3.8, 4) is 22.6 Å². The second kappa shape index (κ2) is 11.8. The third-order valence-corrected chi connectivity index (χ3v) is 10.2. The largest absolute Gasteiger partial charge is 0.490 e. The van der Waals surface area contributed by atoms with Crippen LogP contribution in [0.1, 0.15) is 61.8 Å². The van der Waals surface area contributed by atoms with Gasteiger partial charge in [0.15, 0.2) is 0 Å². The number of hydrogen-bond acceptors (Lipinski definition) is 7. The maximum atomic E-state index is 13.9. The molecule has 4 aromatic carbocycles. The molecule has 0 aromatic heterocycles. The third kappa shape index (κ3) is 5.29. The summed E-state index contributed by atoms with van der Waals surface area (Å²) in [4.78, 5) is 13.9. The van der Waals surface area contributed by atoms with Gasteiger partial charge in [0.25, 0.3) is 0 Å². The van der Waals surface area contributed by atoms with Gasteiger partial charge in [0, 0.05) is 11.0 Å². The average molecular weight is 647 g/mol. The lowest BCUT2D eigenvalue weighted by atomic mass is 9.66. The summed E-state index contributed by atoms with van der Waals surface area (Å²) < 4.78 is 34.8. The van der Waals surface area contributed by atoms with Crippen molar-refractivity contribution >= 4 is 5.97 Å². The highest BCUT2D eigenvalue weighted by Crippen LogP contribution is 2.58. The summed E-state index contributed by atoms with van der Waals surface area (Å²) in [5, 5.41) is 0. The van der Waals surface area contributed by atoms with Crippen LogP contribution in [0.4, 0.5) is 0 Å². The Morgan fingerprint density at radius 3 is 1.77 bits per heavy atom. The molecule has 8 rings (SSSR count). The van der Waals surface area contributed by atoms with E-state index in [0.717, 1.165) is 80.3 Å². The molecule has 248 valence electrons. The Balaban J connectivity index is 1.32. The Bertz CT molecular complexity index is 1800. The van der Waals surface area contributed by atoms with E-state index in [9.17, 15) is 4.79 Å². The van der Waals surface area contributed by atoms with Crippen LogP contribution in [0.25, 0.3) is 11.1 Å². The van der Waals surface area contributed by atoms with Crippen LogP contribution >= 0.6 is 0 Å². The van der Waals surface area contributed by atoms with Gasteiger partial charge in [-0.3, -0.25) is 0 Å². The quantitative estimate of drug-likeness (QED) is 0.113. The molecule has 7 nitrogen and oxygen atoms in total. The molecule has 0 bridgehead atoms. The van der Waals surface area contributed by atoms with Crippen LogP contribution in [0.2, 0.25) is 0 Å². The average Bonchev–Trinajstić information content (AvgIpc) is 4.00. The lowest BCUT2D eigenvalue weighted by Gasteiger charge is -2.37. The number of carbonyl (C=O) groups excluding carboxylic acids is 1. The Kier molecular flexibility index (Phi) is 7.62. The molecule has 0 saturated carbocycles. The third-order valence-electron chi connectivity index (χ3n) is 10.2. The normalized spacial score (nSPS) is 22.7. The maximum absolute atomic E-state index is 13.9. The Hall–Kier alpha value is -4.17. The van der Waals surface area contributed by atoms with E-state index in [1.807, 2.05) is 18.2 Å². The van der Waals surface area contributed by atoms with Crippen molar-refractivity contribution in [1.82, 2.24) is 0 Å². The van der Waals surface area contributed by atoms with Gasteiger partial charge in [0.05, 0.1) is 37.4 Å². The van der Waals surface area contributed by atoms with Crippen LogP contribution in [-0.4, -0.2) is 64.4 Å². The smallest absolute Gasteiger partial charge is 0.338 e. The number of hydrogen-bond donors (Lipinski definition) is 0. The predicted octanol–water partition coefficient (Wildman–Crippen LogP) is 7.03. The van der Waals surface area contributed by atoms with Gasteiger partial charge in [-0.15, -0.1) is 0 Å². The topological polar surface area (TPSA) is 79.1 Å². The van der Waals surface area contributed by atoms with E-state index < -0.39 is 5.41 Å². The highest BCUT2D eigenvalue weighted by Gasteiger charge is 2.48. The number of fused-ring (bicyclic) bond motifs is 3. The summed E-state index contributed by atoms with van der Waals surface area (Å²) in [6, 6.07) is 23.6. The van der Waals surface area contributed by atoms with E-state index in [1.165, 1.54) is 0 Å². The number of ether oxygens (including phenoxy) is 6. The van der Waals surface area contributed by atoms with Crippen molar-refractivity contribution in [1.29, 1.82) is 0 Å². The number of epoxide rings is 2. The second-order valence-corrected chi connectivity index (χ2v) is 14.3. The highest BCUT2D eigenvalue weighted by atomic mass is 16.6. The van der Waals surface area contributed by atoms with E-state index in [0.29, 0.717) is 38.6 Å². The number of aryl methyl sites for hydroxylation is 4. The number of rotatable bonds is 11. The summed E-state index contributed by atoms with van der Waals surface area (Å²) in [5.74, 6) is 1.46. The SMILES string of the molecule is Cc1cc(C2(c3cc(C)c(OCC4CO4)c(C)c3)c3ccccc3-c3c(C(=O)OCC4(C)COC4)cccc32)cc(C)c1OCC1CO1. The van der Waals surface area contributed by atoms with Gasteiger partial charge >= 0.3 is 5.97 Å². The van der Waals surface area contributed by atoms with Crippen LogP contribution < -0.4 is 9.47 Å². The van der Waals surface area contributed by atoms with E-state index in [-0.39, 0.29) is 23.6 Å². The molecule has 0 N–H and O–H groups in total. The fourth-order valence-corrected chi connectivity index (χ4v) is 7.61. The summed E-state index contributed by atoms with van der Waals surface area (Å²) in [6.07, 6.45) is 0.332. The Morgan fingerprint density at radius 1 is 0.750 bits per heavy atom. The van der Waals surface area contributed by atoms with Crippen molar-refractivity contribution in [2.45, 2.75) is 52.2 Å². The fraction of sp³-hybridized carbons (Fsp3) is 0.390. The molecule has 2 unspecified atom stereocenters. The van der Waals surface area contributed by atoms with Gasteiger partial charge < -0.3 is 28.4 Å². The lowest BCUT2D eigenvalue weighted by Crippen LogP contribution is -2.44. The van der Waals surface area contributed by atoms with Crippen molar-refractivity contribution in [3.63, 3.8) is 0 Å². The van der Waals surface area contributed by atoms with Gasteiger partial charge in [0.2, 0.25) is 0 Å². The van der Waals surface area contributed by atoms with E-state index >= 15 is 0 Å². The molecule has 4 aliphatic rings. The summed E-state index contributed by atoms with van der Waals surface area (Å²) in [6.45, 7) is 14.6. The predicted molar refractivity (Wildman–Crippen MR) is 182 cm³/mol. The van der Waals surface area contributed by atoms with E-state index in [4.69, 9.17) is 28.4 Å². The minimum atomic E-state index is -0.725. The van der Waals surface area contributed by atoms with Gasteiger partial charge in [-0.2, -0.15) is 0 Å². The van der Waals surface area contributed by atoms with Gasteiger partial charge in [0.1, 0.15) is 43.5 Å². The maximum Gasteiger partial charge on any atom is 0.338 e. The molecule has 3 heterocycles. The lowest BCUT2D eigenvalue weighted by molar-refractivity contribution is -0.127. The van der Waals surface area contributed by atoms with Crippen LogP contribution in [0.15, 0.2) is 66.7 Å². The highest BCUT2D eigenvalue weighted by molar-refractivity contribution is 6.02.